The number of thioether (sulfide) groups is 2. The first-order valence-electron chi connectivity index (χ1n) is 12.2. The van der Waals surface area contributed by atoms with Crippen molar-refractivity contribution >= 4 is 47.1 Å². The standard InChI is InChI=1S/C26H33FN6O4S2/c1-16(38-21(14-28)39-19-8-11-29-23(22(19)27)24(34)36-5)31-20-7-6-18(15-30-20)32-17-9-12-33(13-10-17)25(35)37-26(2,3)4/h6-8,11,14-15,17,32H,1,9-10,12-13,28H2,2-5H3,(H,30,31)/b21-14+. The van der Waals surface area contributed by atoms with Crippen molar-refractivity contribution in [3.8, 4) is 0 Å². The Bertz CT molecular complexity index is 1210. The maximum absolute atomic E-state index is 14.7. The van der Waals surface area contributed by atoms with Gasteiger partial charge in [0, 0.05) is 31.5 Å². The molecule has 1 aliphatic heterocycles. The maximum atomic E-state index is 14.7. The predicted molar refractivity (Wildman–Crippen MR) is 153 cm³/mol. The molecule has 0 atom stereocenters. The number of nitrogens with zero attached hydrogens (tertiary/aromatic N) is 3. The largest absolute Gasteiger partial charge is 0.464 e. The number of carbonyl (C=O) groups excluding carboxylic acids is 2. The summed E-state index contributed by atoms with van der Waals surface area (Å²) in [6.45, 7) is 10.8. The number of nitrogens with two attached hydrogens (primary N) is 1. The summed E-state index contributed by atoms with van der Waals surface area (Å²) in [7, 11) is 1.16. The summed E-state index contributed by atoms with van der Waals surface area (Å²) in [5, 5.41) is 7.07. The van der Waals surface area contributed by atoms with Crippen LogP contribution in [0.3, 0.4) is 0 Å². The number of ether oxygens (including phenoxy) is 2. The number of piperidine rings is 1. The van der Waals surface area contributed by atoms with Crippen molar-refractivity contribution in [2.75, 3.05) is 30.8 Å². The summed E-state index contributed by atoms with van der Waals surface area (Å²) < 4.78 is 25.2. The molecule has 13 heteroatoms. The topological polar surface area (TPSA) is 132 Å². The highest BCUT2D eigenvalue weighted by Gasteiger charge is 2.27. The molecule has 1 amide bonds. The Morgan fingerprint density at radius 1 is 1.23 bits per heavy atom. The number of hydrogen-bond acceptors (Lipinski definition) is 11. The van der Waals surface area contributed by atoms with Crippen molar-refractivity contribution in [3.63, 3.8) is 0 Å². The van der Waals surface area contributed by atoms with Crippen LogP contribution in [0.2, 0.25) is 0 Å². The molecule has 2 aromatic heterocycles. The van der Waals surface area contributed by atoms with Crippen molar-refractivity contribution in [2.24, 2.45) is 5.73 Å². The SMILES string of the molecule is C=C(Nc1ccc(NC2CCN(C(=O)OC(C)(C)C)CC2)cn1)S/C(=C\N)Sc1ccnc(C(=O)OC)c1F. The monoisotopic (exact) mass is 576 g/mol. The van der Waals surface area contributed by atoms with Gasteiger partial charge in [-0.15, -0.1) is 0 Å². The van der Waals surface area contributed by atoms with Gasteiger partial charge in [-0.1, -0.05) is 30.1 Å². The van der Waals surface area contributed by atoms with Gasteiger partial charge in [0.1, 0.15) is 11.4 Å². The minimum atomic E-state index is -0.859. The smallest absolute Gasteiger partial charge is 0.410 e. The summed E-state index contributed by atoms with van der Waals surface area (Å²) in [5.74, 6) is -1.07. The Balaban J connectivity index is 1.49. The lowest BCUT2D eigenvalue weighted by atomic mass is 10.1. The van der Waals surface area contributed by atoms with E-state index in [1.165, 1.54) is 30.2 Å². The van der Waals surface area contributed by atoms with Gasteiger partial charge in [-0.2, -0.15) is 0 Å². The second-order valence-corrected chi connectivity index (χ2v) is 12.0. The van der Waals surface area contributed by atoms with Gasteiger partial charge in [-0.3, -0.25) is 0 Å². The van der Waals surface area contributed by atoms with E-state index in [1.807, 2.05) is 32.9 Å². The van der Waals surface area contributed by atoms with E-state index in [1.54, 1.807) is 11.1 Å². The van der Waals surface area contributed by atoms with E-state index >= 15 is 0 Å². The Hall–Kier alpha value is -3.45. The molecule has 0 radical (unpaired) electrons. The minimum absolute atomic E-state index is 0.174. The highest BCUT2D eigenvalue weighted by atomic mass is 32.2. The molecule has 0 saturated carbocycles. The third-order valence-corrected chi connectivity index (χ3v) is 7.41. The van der Waals surface area contributed by atoms with Gasteiger partial charge >= 0.3 is 12.1 Å². The van der Waals surface area contributed by atoms with Crippen LogP contribution in [0, 0.1) is 5.82 Å². The fourth-order valence-electron chi connectivity index (χ4n) is 3.55. The number of aromatic nitrogens is 2. The molecule has 3 rings (SSSR count). The molecule has 0 spiro atoms. The second kappa shape index (κ2) is 13.6. The van der Waals surface area contributed by atoms with Gasteiger partial charge in [0.25, 0.3) is 0 Å². The normalized spacial score (nSPS) is 14.5. The van der Waals surface area contributed by atoms with E-state index in [-0.39, 0.29) is 17.0 Å². The molecule has 0 unspecified atom stereocenters. The Labute approximate surface area is 236 Å². The highest BCUT2D eigenvalue weighted by Crippen LogP contribution is 2.39. The number of amides is 1. The zero-order chi connectivity index (χ0) is 28.6. The van der Waals surface area contributed by atoms with Gasteiger partial charge in [0.05, 0.1) is 33.2 Å². The van der Waals surface area contributed by atoms with Crippen LogP contribution in [0.25, 0.3) is 0 Å². The van der Waals surface area contributed by atoms with Crippen molar-refractivity contribution in [3.05, 3.63) is 64.1 Å². The van der Waals surface area contributed by atoms with Gasteiger partial charge < -0.3 is 30.7 Å². The van der Waals surface area contributed by atoms with E-state index in [0.717, 1.165) is 37.4 Å². The molecule has 4 N–H and O–H groups in total. The number of nitrogens with one attached hydrogen (secondary N) is 2. The van der Waals surface area contributed by atoms with Crippen LogP contribution in [-0.4, -0.2) is 58.8 Å². The van der Waals surface area contributed by atoms with Gasteiger partial charge in [0.2, 0.25) is 0 Å². The Morgan fingerprint density at radius 2 is 1.95 bits per heavy atom. The number of pyridine rings is 2. The van der Waals surface area contributed by atoms with Crippen molar-refractivity contribution in [1.29, 1.82) is 0 Å². The number of methoxy groups -OCH3 is 1. The zero-order valence-electron chi connectivity index (χ0n) is 22.3. The third-order valence-electron chi connectivity index (χ3n) is 5.35. The Morgan fingerprint density at radius 3 is 2.54 bits per heavy atom. The predicted octanol–water partition coefficient (Wildman–Crippen LogP) is 5.38. The molecule has 10 nitrogen and oxygen atoms in total. The lowest BCUT2D eigenvalue weighted by Crippen LogP contribution is -2.44. The minimum Gasteiger partial charge on any atom is -0.464 e. The Kier molecular flexibility index (Phi) is 10.5. The van der Waals surface area contributed by atoms with E-state index in [0.29, 0.717) is 28.2 Å². The summed E-state index contributed by atoms with van der Waals surface area (Å²) >= 11 is 2.23. The molecular formula is C26H33FN6O4S2. The van der Waals surface area contributed by atoms with E-state index in [9.17, 15) is 14.0 Å². The summed E-state index contributed by atoms with van der Waals surface area (Å²) in [4.78, 5) is 34.0. The van der Waals surface area contributed by atoms with E-state index in [2.05, 4.69) is 31.9 Å². The van der Waals surface area contributed by atoms with Gasteiger partial charge in [-0.25, -0.2) is 23.9 Å². The second-order valence-electron chi connectivity index (χ2n) is 9.52. The summed E-state index contributed by atoms with van der Waals surface area (Å²) in [6.07, 6.45) is 5.70. The maximum Gasteiger partial charge on any atom is 0.410 e. The molecule has 1 fully saturated rings. The van der Waals surface area contributed by atoms with E-state index < -0.39 is 23.1 Å². The average Bonchev–Trinajstić information content (AvgIpc) is 2.89. The van der Waals surface area contributed by atoms with Crippen LogP contribution < -0.4 is 16.4 Å². The average molecular weight is 577 g/mol. The number of hydrogen-bond donors (Lipinski definition) is 3. The highest BCUT2D eigenvalue weighted by molar-refractivity contribution is 8.24. The fraction of sp³-hybridized carbons (Fsp3) is 0.385. The van der Waals surface area contributed by atoms with Crippen LogP contribution in [0.4, 0.5) is 20.7 Å². The molecule has 0 aliphatic carbocycles. The van der Waals surface area contributed by atoms with Crippen LogP contribution in [0.15, 0.2) is 57.5 Å². The molecule has 39 heavy (non-hydrogen) atoms. The first kappa shape index (κ1) is 30.1. The first-order chi connectivity index (χ1) is 18.5. The molecule has 3 heterocycles. The van der Waals surface area contributed by atoms with Crippen LogP contribution in [0.5, 0.6) is 0 Å². The van der Waals surface area contributed by atoms with Crippen LogP contribution >= 0.6 is 23.5 Å². The van der Waals surface area contributed by atoms with Gasteiger partial charge in [0.15, 0.2) is 11.5 Å². The fourth-order valence-corrected chi connectivity index (χ4v) is 5.36. The molecule has 1 aliphatic rings. The number of halogens is 1. The number of esters is 1. The van der Waals surface area contributed by atoms with Crippen molar-refractivity contribution in [2.45, 2.75) is 50.2 Å². The molecular weight excluding hydrogens is 543 g/mol. The quantitative estimate of drug-likeness (QED) is 0.263. The molecule has 0 aromatic carbocycles. The number of anilines is 2. The summed E-state index contributed by atoms with van der Waals surface area (Å²) in [6, 6.07) is 5.38. The lowest BCUT2D eigenvalue weighted by Gasteiger charge is -2.34. The number of carbonyl (C=O) groups is 2. The van der Waals surface area contributed by atoms with E-state index in [4.69, 9.17) is 10.5 Å². The van der Waals surface area contributed by atoms with Crippen molar-refractivity contribution in [1.82, 2.24) is 14.9 Å². The summed E-state index contributed by atoms with van der Waals surface area (Å²) in [5.41, 5.74) is 5.70. The molecule has 0 bridgehead atoms. The molecule has 2 aromatic rings. The van der Waals surface area contributed by atoms with Crippen LogP contribution in [0.1, 0.15) is 44.1 Å². The number of rotatable bonds is 9. The zero-order valence-corrected chi connectivity index (χ0v) is 24.0. The van der Waals surface area contributed by atoms with Gasteiger partial charge in [-0.05, 0) is 51.8 Å². The lowest BCUT2D eigenvalue weighted by molar-refractivity contribution is 0.0210. The van der Waals surface area contributed by atoms with Crippen molar-refractivity contribution < 1.29 is 23.5 Å². The molecule has 210 valence electrons. The third kappa shape index (κ3) is 9.06. The first-order valence-corrected chi connectivity index (χ1v) is 13.8. The van der Waals surface area contributed by atoms with Crippen LogP contribution in [-0.2, 0) is 9.47 Å². The number of likely N-dealkylation sites (tertiary alicyclic amines) is 1. The molecule has 1 saturated heterocycles.